The zero-order valence-corrected chi connectivity index (χ0v) is 28.9. The number of sulfone groups is 1. The van der Waals surface area contributed by atoms with Crippen molar-refractivity contribution >= 4 is 21.6 Å². The molecule has 13 heteroatoms. The molecule has 2 atom stereocenters. The van der Waals surface area contributed by atoms with Crippen LogP contribution in [0.1, 0.15) is 35.6 Å². The van der Waals surface area contributed by atoms with Gasteiger partial charge in [-0.2, -0.15) is 0 Å². The summed E-state index contributed by atoms with van der Waals surface area (Å²) in [5.74, 6) is 1.44. The molecule has 1 amide bonds. The summed E-state index contributed by atoms with van der Waals surface area (Å²) in [6.45, 7) is 0.553. The average molecular weight is 704 g/mol. The maximum Gasteiger partial charge on any atom is 0.266 e. The Kier molecular flexibility index (Phi) is 12.0. The quantitative estimate of drug-likeness (QED) is 0.106. The van der Waals surface area contributed by atoms with Crippen LogP contribution >= 0.6 is 0 Å². The number of nitrogens with one attached hydrogen (secondary N) is 2. The van der Waals surface area contributed by atoms with Gasteiger partial charge in [-0.1, -0.05) is 30.3 Å². The molecule has 0 saturated heterocycles. The maximum absolute atomic E-state index is 14.5. The van der Waals surface area contributed by atoms with Gasteiger partial charge in [0.2, 0.25) is 5.90 Å². The van der Waals surface area contributed by atoms with Crippen LogP contribution in [0, 0.1) is 0 Å². The molecule has 5 rings (SSSR count). The van der Waals surface area contributed by atoms with Crippen molar-refractivity contribution in [2.24, 2.45) is 4.99 Å². The Morgan fingerprint density at radius 1 is 0.860 bits per heavy atom. The molecule has 4 aromatic rings. The Labute approximate surface area is 291 Å². The number of rotatable bonds is 17. The monoisotopic (exact) mass is 703 g/mol. The highest BCUT2D eigenvalue weighted by Crippen LogP contribution is 2.43. The van der Waals surface area contributed by atoms with E-state index >= 15 is 0 Å². The smallest absolute Gasteiger partial charge is 0.266 e. The third kappa shape index (κ3) is 8.54. The minimum absolute atomic E-state index is 0.0150. The zero-order chi connectivity index (χ0) is 35.6. The lowest BCUT2D eigenvalue weighted by Gasteiger charge is -2.30. The molecule has 0 radical (unpaired) electrons. The highest BCUT2D eigenvalue weighted by atomic mass is 32.2. The van der Waals surface area contributed by atoms with E-state index in [1.807, 2.05) is 0 Å². The molecule has 0 spiro atoms. The van der Waals surface area contributed by atoms with E-state index in [1.165, 1.54) is 19.2 Å². The van der Waals surface area contributed by atoms with E-state index < -0.39 is 33.1 Å². The van der Waals surface area contributed by atoms with Crippen LogP contribution in [0.5, 0.6) is 23.0 Å². The summed E-state index contributed by atoms with van der Waals surface area (Å²) in [6.07, 6.45) is -0.751. The fourth-order valence-corrected chi connectivity index (χ4v) is 6.90. The number of ether oxygens (including phenoxy) is 5. The highest BCUT2D eigenvalue weighted by Gasteiger charge is 2.54. The summed E-state index contributed by atoms with van der Waals surface area (Å²) >= 11 is 0. The van der Waals surface area contributed by atoms with Crippen molar-refractivity contribution in [1.82, 2.24) is 10.9 Å². The van der Waals surface area contributed by atoms with Crippen molar-refractivity contribution in [3.05, 3.63) is 114 Å². The van der Waals surface area contributed by atoms with Crippen molar-refractivity contribution in [3.8, 4) is 23.0 Å². The number of carbonyl (C=O) groups is 1. The fraction of sp³-hybridized carbons (Fsp3) is 0.297. The van der Waals surface area contributed by atoms with Gasteiger partial charge >= 0.3 is 0 Å². The molecule has 1 heterocycles. The summed E-state index contributed by atoms with van der Waals surface area (Å²) in [5, 5.41) is 9.09. The van der Waals surface area contributed by atoms with E-state index in [-0.39, 0.29) is 30.4 Å². The van der Waals surface area contributed by atoms with Gasteiger partial charge in [-0.25, -0.2) is 18.8 Å². The van der Waals surface area contributed by atoms with Gasteiger partial charge in [-0.05, 0) is 71.8 Å². The molecule has 3 N–H and O–H groups in total. The molecule has 4 aromatic carbocycles. The lowest BCUT2D eigenvalue weighted by molar-refractivity contribution is -0.130. The van der Waals surface area contributed by atoms with E-state index in [1.54, 1.807) is 99.1 Å². The number of aliphatic hydroxyl groups excluding tert-OH is 1. The third-order valence-corrected chi connectivity index (χ3v) is 9.92. The molecule has 1 aliphatic heterocycles. The van der Waals surface area contributed by atoms with Gasteiger partial charge in [0.1, 0.15) is 23.0 Å². The lowest BCUT2D eigenvalue weighted by atomic mass is 9.85. The van der Waals surface area contributed by atoms with Gasteiger partial charge in [-0.3, -0.25) is 10.2 Å². The predicted molar refractivity (Wildman–Crippen MR) is 187 cm³/mol. The summed E-state index contributed by atoms with van der Waals surface area (Å²) < 4.78 is 55.6. The first-order valence-electron chi connectivity index (χ1n) is 16.0. The van der Waals surface area contributed by atoms with Gasteiger partial charge in [0.15, 0.2) is 21.5 Å². The van der Waals surface area contributed by atoms with Crippen molar-refractivity contribution in [2.75, 3.05) is 40.3 Å². The second-order valence-electron chi connectivity index (χ2n) is 11.5. The summed E-state index contributed by atoms with van der Waals surface area (Å²) in [4.78, 5) is 19.5. The van der Waals surface area contributed by atoms with Crippen LogP contribution in [0.25, 0.3) is 0 Å². The van der Waals surface area contributed by atoms with Crippen molar-refractivity contribution < 1.29 is 42.0 Å². The highest BCUT2D eigenvalue weighted by molar-refractivity contribution is 7.91. The summed E-state index contributed by atoms with van der Waals surface area (Å²) in [7, 11) is 0.803. The largest absolute Gasteiger partial charge is 0.497 e. The van der Waals surface area contributed by atoms with Crippen molar-refractivity contribution in [1.29, 1.82) is 0 Å². The number of benzene rings is 4. The molecule has 0 saturated carbocycles. The van der Waals surface area contributed by atoms with E-state index in [0.29, 0.717) is 47.2 Å². The number of hydrogen-bond acceptors (Lipinski definition) is 11. The van der Waals surface area contributed by atoms with Crippen LogP contribution in [0.4, 0.5) is 0 Å². The minimum Gasteiger partial charge on any atom is -0.497 e. The van der Waals surface area contributed by atoms with Crippen molar-refractivity contribution in [2.45, 2.75) is 35.9 Å². The number of amides is 1. The number of nitrogens with zero attached hydrogens (tertiary/aromatic N) is 1. The SMILES string of the molecule is COc1cc(CNNC(=O)[C@@]2(CCS(=O)(=O)c3ccccc3)N=C(c3ccc(OCCCO)cc3)O[C@H]2c2cccc(OC)c2)cc(OC)c1. The topological polar surface area (TPSA) is 154 Å². The first-order valence-corrected chi connectivity index (χ1v) is 17.6. The van der Waals surface area contributed by atoms with E-state index in [9.17, 15) is 13.2 Å². The third-order valence-electron chi connectivity index (χ3n) is 8.19. The van der Waals surface area contributed by atoms with Gasteiger partial charge in [-0.15, -0.1) is 0 Å². The molecular weight excluding hydrogens is 662 g/mol. The molecular formula is C37H41N3O9S. The molecule has 1 aliphatic rings. The molecule has 0 bridgehead atoms. The number of hydrazine groups is 1. The number of aliphatic hydroxyl groups is 1. The lowest BCUT2D eigenvalue weighted by Crippen LogP contribution is -2.53. The Morgan fingerprint density at radius 3 is 2.22 bits per heavy atom. The van der Waals surface area contributed by atoms with Gasteiger partial charge in [0, 0.05) is 37.6 Å². The van der Waals surface area contributed by atoms with Crippen LogP contribution in [0.3, 0.4) is 0 Å². The van der Waals surface area contributed by atoms with Gasteiger partial charge in [0.25, 0.3) is 5.91 Å². The van der Waals surface area contributed by atoms with Crippen LogP contribution < -0.4 is 29.8 Å². The number of aliphatic imine (C=N–C) groups is 1. The number of hydrogen-bond donors (Lipinski definition) is 3. The van der Waals surface area contributed by atoms with Crippen LogP contribution in [-0.2, 0) is 25.9 Å². The zero-order valence-electron chi connectivity index (χ0n) is 28.1. The first kappa shape index (κ1) is 36.2. The first-order chi connectivity index (χ1) is 24.2. The molecule has 12 nitrogen and oxygen atoms in total. The van der Waals surface area contributed by atoms with Gasteiger partial charge < -0.3 is 28.8 Å². The minimum atomic E-state index is -3.83. The molecule has 0 unspecified atom stereocenters. The van der Waals surface area contributed by atoms with Crippen molar-refractivity contribution in [3.63, 3.8) is 0 Å². The van der Waals surface area contributed by atoms with E-state index in [4.69, 9.17) is 33.8 Å². The van der Waals surface area contributed by atoms with Crippen LogP contribution in [0.2, 0.25) is 0 Å². The Bertz CT molecular complexity index is 1860. The summed E-state index contributed by atoms with van der Waals surface area (Å²) in [5.41, 5.74) is 5.90. The van der Waals surface area contributed by atoms with E-state index in [2.05, 4.69) is 10.9 Å². The second kappa shape index (κ2) is 16.5. The normalized spacial score (nSPS) is 17.0. The maximum atomic E-state index is 14.5. The Balaban J connectivity index is 1.52. The Hall–Kier alpha value is -5.11. The predicted octanol–water partition coefficient (Wildman–Crippen LogP) is 4.42. The fourth-order valence-electron chi connectivity index (χ4n) is 5.51. The molecule has 0 aromatic heterocycles. The average Bonchev–Trinajstić information content (AvgIpc) is 3.55. The second-order valence-corrected chi connectivity index (χ2v) is 13.6. The van der Waals surface area contributed by atoms with E-state index in [0.717, 1.165) is 5.56 Å². The summed E-state index contributed by atoms with van der Waals surface area (Å²) in [6, 6.07) is 27.5. The number of carbonyl (C=O) groups excluding carboxylic acids is 1. The van der Waals surface area contributed by atoms with Crippen LogP contribution in [-0.4, -0.2) is 71.2 Å². The Morgan fingerprint density at radius 2 is 1.56 bits per heavy atom. The molecule has 50 heavy (non-hydrogen) atoms. The van der Waals surface area contributed by atoms with Gasteiger partial charge in [0.05, 0.1) is 38.6 Å². The number of methoxy groups -OCH3 is 3. The van der Waals surface area contributed by atoms with Crippen LogP contribution in [0.15, 0.2) is 107 Å². The molecule has 0 fully saturated rings. The molecule has 264 valence electrons. The molecule has 0 aliphatic carbocycles. The standard InChI is InChI=1S/C37H41N3O9S/c1-45-30-10-7-9-28(23-30)34-37(17-20-50(43,44)33-11-5-4-6-12-33,36(42)40-38-25-26-21-31(46-2)24-32(22-26)47-3)39-35(49-34)27-13-15-29(16-14-27)48-19-8-18-41/h4-7,9-16,21-24,34,38,41H,8,17-20,25H2,1-3H3,(H,40,42)/t34-,37-/m0/s1.